The molecule has 1 heterocycles. The molecule has 0 aliphatic carbocycles. The molecule has 3 rings (SSSR count). The Balaban J connectivity index is 1.37. The number of amides is 2. The molecule has 3 N–H and O–H groups in total. The van der Waals surface area contributed by atoms with Gasteiger partial charge in [0.15, 0.2) is 11.5 Å². The molecule has 1 aromatic heterocycles. The number of halogens is 1. The Hall–Kier alpha value is -2.88. The molecule has 7 nitrogen and oxygen atoms in total. The summed E-state index contributed by atoms with van der Waals surface area (Å²) in [4.78, 5) is 24.3. The summed E-state index contributed by atoms with van der Waals surface area (Å²) in [6.07, 6.45) is 1.37. The molecule has 150 valence electrons. The van der Waals surface area contributed by atoms with Crippen LogP contribution in [0.15, 0.2) is 59.1 Å². The molecule has 2 amide bonds. The van der Waals surface area contributed by atoms with Gasteiger partial charge in [-0.05, 0) is 53.6 Å². The molecule has 0 bridgehead atoms. The minimum Gasteiger partial charge on any atom is -0.507 e. The van der Waals surface area contributed by atoms with Crippen molar-refractivity contribution >= 4 is 34.4 Å². The van der Waals surface area contributed by atoms with Crippen molar-refractivity contribution in [1.29, 1.82) is 0 Å². The number of benzene rings is 2. The Bertz CT molecular complexity index is 989. The standard InChI is InChI=1S/C21H20IN3O4/c22-15-8-9-18(26)16(12-15)20(27)23-10-4-5-11-24-21(28)17-13-19(29-25-17)14-6-2-1-3-7-14/h1-3,6-9,12-13,26H,4-5,10-11H2,(H,23,27)(H,24,28). The van der Waals surface area contributed by atoms with E-state index in [0.717, 1.165) is 9.13 Å². The molecular weight excluding hydrogens is 485 g/mol. The van der Waals surface area contributed by atoms with E-state index in [4.69, 9.17) is 4.52 Å². The number of carbonyl (C=O) groups is 2. The molecular formula is C21H20IN3O4. The summed E-state index contributed by atoms with van der Waals surface area (Å²) < 4.78 is 6.10. The quantitative estimate of drug-likeness (QED) is 0.321. The highest BCUT2D eigenvalue weighted by atomic mass is 127. The smallest absolute Gasteiger partial charge is 0.273 e. The van der Waals surface area contributed by atoms with E-state index in [1.165, 1.54) is 6.07 Å². The summed E-state index contributed by atoms with van der Waals surface area (Å²) in [5.74, 6) is -0.125. The number of hydrogen-bond acceptors (Lipinski definition) is 5. The van der Waals surface area contributed by atoms with Gasteiger partial charge in [0.25, 0.3) is 11.8 Å². The first kappa shape index (κ1) is 20.8. The third-order valence-electron chi connectivity index (χ3n) is 4.18. The SMILES string of the molecule is O=C(NCCCCNC(=O)c1cc(I)ccc1O)c1cc(-c2ccccc2)on1. The van der Waals surface area contributed by atoms with Crippen LogP contribution in [-0.2, 0) is 0 Å². The maximum absolute atomic E-state index is 12.2. The van der Waals surface area contributed by atoms with Crippen molar-refractivity contribution < 1.29 is 19.2 Å². The van der Waals surface area contributed by atoms with Crippen molar-refractivity contribution in [3.63, 3.8) is 0 Å². The van der Waals surface area contributed by atoms with Crippen LogP contribution in [0.4, 0.5) is 0 Å². The van der Waals surface area contributed by atoms with E-state index in [2.05, 4.69) is 38.4 Å². The van der Waals surface area contributed by atoms with Crippen LogP contribution in [-0.4, -0.2) is 35.2 Å². The number of unbranched alkanes of at least 4 members (excludes halogenated alkanes) is 1. The van der Waals surface area contributed by atoms with Gasteiger partial charge in [0, 0.05) is 28.3 Å². The van der Waals surface area contributed by atoms with Gasteiger partial charge in [0.2, 0.25) is 0 Å². The number of aromatic hydroxyl groups is 1. The summed E-state index contributed by atoms with van der Waals surface area (Å²) in [6.45, 7) is 0.901. The predicted octanol–water partition coefficient (Wildman–Crippen LogP) is 3.59. The summed E-state index contributed by atoms with van der Waals surface area (Å²) in [5.41, 5.74) is 1.34. The van der Waals surface area contributed by atoms with Crippen molar-refractivity contribution in [2.24, 2.45) is 0 Å². The van der Waals surface area contributed by atoms with E-state index in [0.29, 0.717) is 31.7 Å². The van der Waals surface area contributed by atoms with E-state index < -0.39 is 0 Å². The Morgan fingerprint density at radius 1 is 0.966 bits per heavy atom. The van der Waals surface area contributed by atoms with E-state index in [9.17, 15) is 14.7 Å². The van der Waals surface area contributed by atoms with Crippen molar-refractivity contribution in [3.05, 3.63) is 69.4 Å². The van der Waals surface area contributed by atoms with Gasteiger partial charge in [0.05, 0.1) is 5.56 Å². The lowest BCUT2D eigenvalue weighted by Gasteiger charge is -2.07. The topological polar surface area (TPSA) is 104 Å². The fraction of sp³-hybridized carbons (Fsp3) is 0.190. The molecule has 0 spiro atoms. The Labute approximate surface area is 181 Å². The fourth-order valence-corrected chi connectivity index (χ4v) is 3.14. The van der Waals surface area contributed by atoms with Gasteiger partial charge in [-0.3, -0.25) is 9.59 Å². The molecule has 0 saturated carbocycles. The molecule has 0 unspecified atom stereocenters. The highest BCUT2D eigenvalue weighted by Gasteiger charge is 2.13. The maximum atomic E-state index is 12.2. The number of hydrogen-bond donors (Lipinski definition) is 3. The van der Waals surface area contributed by atoms with Crippen molar-refractivity contribution in [3.8, 4) is 17.1 Å². The summed E-state index contributed by atoms with van der Waals surface area (Å²) in [6, 6.07) is 15.9. The number of aromatic nitrogens is 1. The maximum Gasteiger partial charge on any atom is 0.273 e. The number of nitrogens with zero attached hydrogens (tertiary/aromatic N) is 1. The average molecular weight is 505 g/mol. The zero-order chi connectivity index (χ0) is 20.6. The second kappa shape index (κ2) is 10.1. The zero-order valence-electron chi connectivity index (χ0n) is 15.5. The summed E-state index contributed by atoms with van der Waals surface area (Å²) in [5, 5.41) is 19.1. The van der Waals surface area contributed by atoms with Crippen LogP contribution >= 0.6 is 22.6 Å². The fourth-order valence-electron chi connectivity index (χ4n) is 2.65. The van der Waals surface area contributed by atoms with Crippen LogP contribution in [0, 0.1) is 3.57 Å². The molecule has 0 aliphatic heterocycles. The van der Waals surface area contributed by atoms with Crippen LogP contribution in [0.3, 0.4) is 0 Å². The van der Waals surface area contributed by atoms with Gasteiger partial charge in [-0.2, -0.15) is 0 Å². The van der Waals surface area contributed by atoms with Crippen LogP contribution in [0.25, 0.3) is 11.3 Å². The first-order chi connectivity index (χ1) is 14.0. The molecule has 0 saturated heterocycles. The Morgan fingerprint density at radius 3 is 2.38 bits per heavy atom. The van der Waals surface area contributed by atoms with Crippen molar-refractivity contribution in [2.75, 3.05) is 13.1 Å². The minimum absolute atomic E-state index is 0.0438. The van der Waals surface area contributed by atoms with E-state index in [1.807, 2.05) is 30.3 Å². The normalized spacial score (nSPS) is 10.5. The minimum atomic E-state index is -0.318. The van der Waals surface area contributed by atoms with E-state index in [1.54, 1.807) is 18.2 Å². The molecule has 0 fully saturated rings. The lowest BCUT2D eigenvalue weighted by Crippen LogP contribution is -2.27. The number of phenols is 1. The van der Waals surface area contributed by atoms with Crippen LogP contribution < -0.4 is 10.6 Å². The van der Waals surface area contributed by atoms with Gasteiger partial charge in [-0.1, -0.05) is 35.5 Å². The summed E-state index contributed by atoms with van der Waals surface area (Å²) >= 11 is 2.08. The first-order valence-electron chi connectivity index (χ1n) is 9.11. The number of nitrogens with one attached hydrogen (secondary N) is 2. The number of rotatable bonds is 8. The summed E-state index contributed by atoms with van der Waals surface area (Å²) in [7, 11) is 0. The van der Waals surface area contributed by atoms with E-state index in [-0.39, 0.29) is 28.8 Å². The van der Waals surface area contributed by atoms with Crippen molar-refractivity contribution in [2.45, 2.75) is 12.8 Å². The molecule has 0 radical (unpaired) electrons. The third-order valence-corrected chi connectivity index (χ3v) is 4.85. The predicted molar refractivity (Wildman–Crippen MR) is 117 cm³/mol. The number of phenolic OH excluding ortho intramolecular Hbond substituents is 1. The van der Waals surface area contributed by atoms with E-state index >= 15 is 0 Å². The molecule has 29 heavy (non-hydrogen) atoms. The second-order valence-corrected chi connectivity index (χ2v) is 7.57. The van der Waals surface area contributed by atoms with Crippen LogP contribution in [0.1, 0.15) is 33.7 Å². The Morgan fingerprint density at radius 2 is 1.66 bits per heavy atom. The lowest BCUT2D eigenvalue weighted by atomic mass is 10.1. The average Bonchev–Trinajstić information content (AvgIpc) is 3.23. The van der Waals surface area contributed by atoms with Gasteiger partial charge < -0.3 is 20.3 Å². The Kier molecular flexibility index (Phi) is 7.23. The van der Waals surface area contributed by atoms with Gasteiger partial charge in [-0.25, -0.2) is 0 Å². The number of carbonyl (C=O) groups excluding carboxylic acids is 2. The highest BCUT2D eigenvalue weighted by molar-refractivity contribution is 14.1. The highest BCUT2D eigenvalue weighted by Crippen LogP contribution is 2.20. The molecule has 8 heteroatoms. The molecule has 0 atom stereocenters. The monoisotopic (exact) mass is 505 g/mol. The molecule has 2 aromatic carbocycles. The third kappa shape index (κ3) is 5.80. The second-order valence-electron chi connectivity index (χ2n) is 6.32. The van der Waals surface area contributed by atoms with Crippen LogP contribution in [0.2, 0.25) is 0 Å². The van der Waals surface area contributed by atoms with Gasteiger partial charge in [-0.15, -0.1) is 0 Å². The molecule has 0 aliphatic rings. The lowest BCUT2D eigenvalue weighted by molar-refractivity contribution is 0.0933. The van der Waals surface area contributed by atoms with Crippen LogP contribution in [0.5, 0.6) is 5.75 Å². The van der Waals surface area contributed by atoms with Gasteiger partial charge in [0.1, 0.15) is 5.75 Å². The first-order valence-corrected chi connectivity index (χ1v) is 10.2. The van der Waals surface area contributed by atoms with Crippen molar-refractivity contribution in [1.82, 2.24) is 15.8 Å². The zero-order valence-corrected chi connectivity index (χ0v) is 17.7. The molecule has 3 aromatic rings. The largest absolute Gasteiger partial charge is 0.507 e. The van der Waals surface area contributed by atoms with Gasteiger partial charge >= 0.3 is 0 Å².